The summed E-state index contributed by atoms with van der Waals surface area (Å²) in [7, 11) is 0. The highest BCUT2D eigenvalue weighted by atomic mass is 16.2. The molecule has 84 valence electrons. The van der Waals surface area contributed by atoms with E-state index in [9.17, 15) is 0 Å². The minimum absolute atomic E-state index is 0.320. The summed E-state index contributed by atoms with van der Waals surface area (Å²) in [6.07, 6.45) is 6.59. The van der Waals surface area contributed by atoms with Crippen molar-refractivity contribution in [1.82, 2.24) is 9.88 Å². The summed E-state index contributed by atoms with van der Waals surface area (Å²) in [5, 5.41) is 8.77. The maximum atomic E-state index is 8.77. The average molecular weight is 208 g/mol. The summed E-state index contributed by atoms with van der Waals surface area (Å²) in [5.41, 5.74) is 1.34. The SMILES string of the molecule is OCCCCN1CCCC1c1ccc[nH]1. The predicted octanol–water partition coefficient (Wildman–Crippen LogP) is 1.92. The van der Waals surface area contributed by atoms with Gasteiger partial charge in [-0.3, -0.25) is 4.90 Å². The van der Waals surface area contributed by atoms with E-state index >= 15 is 0 Å². The van der Waals surface area contributed by atoms with Crippen molar-refractivity contribution in [3.8, 4) is 0 Å². The van der Waals surface area contributed by atoms with Gasteiger partial charge < -0.3 is 10.1 Å². The first kappa shape index (κ1) is 10.7. The molecular weight excluding hydrogens is 188 g/mol. The number of rotatable bonds is 5. The average Bonchev–Trinajstić information content (AvgIpc) is 2.87. The van der Waals surface area contributed by atoms with Crippen LogP contribution in [0.3, 0.4) is 0 Å². The van der Waals surface area contributed by atoms with Crippen molar-refractivity contribution in [3.05, 3.63) is 24.0 Å². The van der Waals surface area contributed by atoms with E-state index in [-0.39, 0.29) is 0 Å². The highest BCUT2D eigenvalue weighted by Crippen LogP contribution is 2.30. The minimum atomic E-state index is 0.320. The maximum absolute atomic E-state index is 8.77. The summed E-state index contributed by atoms with van der Waals surface area (Å²) in [6.45, 7) is 2.64. The summed E-state index contributed by atoms with van der Waals surface area (Å²) in [4.78, 5) is 5.84. The summed E-state index contributed by atoms with van der Waals surface area (Å²) < 4.78 is 0. The Labute approximate surface area is 91.1 Å². The van der Waals surface area contributed by atoms with Gasteiger partial charge in [-0.2, -0.15) is 0 Å². The van der Waals surface area contributed by atoms with Gasteiger partial charge in [-0.05, 0) is 50.9 Å². The lowest BCUT2D eigenvalue weighted by Gasteiger charge is -2.23. The van der Waals surface area contributed by atoms with E-state index in [1.54, 1.807) is 0 Å². The van der Waals surface area contributed by atoms with Gasteiger partial charge in [0.15, 0.2) is 0 Å². The van der Waals surface area contributed by atoms with Crippen molar-refractivity contribution >= 4 is 0 Å². The van der Waals surface area contributed by atoms with Crippen molar-refractivity contribution in [2.24, 2.45) is 0 Å². The number of aromatic nitrogens is 1. The molecule has 1 saturated heterocycles. The largest absolute Gasteiger partial charge is 0.396 e. The van der Waals surface area contributed by atoms with Crippen LogP contribution in [0.25, 0.3) is 0 Å². The Hall–Kier alpha value is -0.800. The van der Waals surface area contributed by atoms with Crippen LogP contribution in [0.2, 0.25) is 0 Å². The molecule has 0 radical (unpaired) electrons. The fourth-order valence-corrected chi connectivity index (χ4v) is 2.42. The number of aromatic amines is 1. The Kier molecular flexibility index (Phi) is 3.80. The highest BCUT2D eigenvalue weighted by molar-refractivity contribution is 5.10. The van der Waals surface area contributed by atoms with Gasteiger partial charge in [0.05, 0.1) is 0 Å². The fraction of sp³-hybridized carbons (Fsp3) is 0.667. The number of nitrogens with zero attached hydrogens (tertiary/aromatic N) is 1. The number of unbranched alkanes of at least 4 members (excludes halogenated alkanes) is 1. The number of likely N-dealkylation sites (tertiary alicyclic amines) is 1. The van der Waals surface area contributed by atoms with Crippen LogP contribution in [-0.4, -0.2) is 34.7 Å². The van der Waals surface area contributed by atoms with Gasteiger partial charge in [0.2, 0.25) is 0 Å². The fourth-order valence-electron chi connectivity index (χ4n) is 2.42. The Morgan fingerprint density at radius 1 is 1.47 bits per heavy atom. The smallest absolute Gasteiger partial charge is 0.0498 e. The lowest BCUT2D eigenvalue weighted by Crippen LogP contribution is -2.24. The van der Waals surface area contributed by atoms with Crippen LogP contribution in [0.5, 0.6) is 0 Å². The van der Waals surface area contributed by atoms with Crippen LogP contribution in [-0.2, 0) is 0 Å². The number of aliphatic hydroxyl groups is 1. The quantitative estimate of drug-likeness (QED) is 0.726. The molecule has 0 bridgehead atoms. The molecule has 3 heteroatoms. The molecule has 1 aromatic rings. The maximum Gasteiger partial charge on any atom is 0.0498 e. The van der Waals surface area contributed by atoms with Crippen molar-refractivity contribution in [2.45, 2.75) is 31.7 Å². The molecule has 0 aromatic carbocycles. The second-order valence-electron chi connectivity index (χ2n) is 4.25. The lowest BCUT2D eigenvalue weighted by molar-refractivity contribution is 0.228. The zero-order valence-electron chi connectivity index (χ0n) is 9.15. The molecule has 1 fully saturated rings. The third kappa shape index (κ3) is 2.61. The van der Waals surface area contributed by atoms with E-state index in [4.69, 9.17) is 5.11 Å². The molecule has 15 heavy (non-hydrogen) atoms. The molecule has 0 aliphatic carbocycles. The molecule has 2 N–H and O–H groups in total. The Morgan fingerprint density at radius 2 is 2.40 bits per heavy atom. The van der Waals surface area contributed by atoms with Gasteiger partial charge in [0, 0.05) is 24.5 Å². The van der Waals surface area contributed by atoms with Gasteiger partial charge in [-0.25, -0.2) is 0 Å². The van der Waals surface area contributed by atoms with Crippen molar-refractivity contribution in [2.75, 3.05) is 19.7 Å². The van der Waals surface area contributed by atoms with Gasteiger partial charge in [0.25, 0.3) is 0 Å². The Balaban J connectivity index is 1.88. The molecular formula is C12H20N2O. The first-order chi connectivity index (χ1) is 7.42. The van der Waals surface area contributed by atoms with Crippen LogP contribution in [0.15, 0.2) is 18.3 Å². The molecule has 0 amide bonds. The van der Waals surface area contributed by atoms with Crippen LogP contribution in [0.1, 0.15) is 37.4 Å². The van der Waals surface area contributed by atoms with Crippen LogP contribution in [0, 0.1) is 0 Å². The third-order valence-corrected chi connectivity index (χ3v) is 3.20. The van der Waals surface area contributed by atoms with Crippen molar-refractivity contribution < 1.29 is 5.11 Å². The van der Waals surface area contributed by atoms with E-state index in [0.717, 1.165) is 19.4 Å². The van der Waals surface area contributed by atoms with Crippen molar-refractivity contribution in [3.63, 3.8) is 0 Å². The highest BCUT2D eigenvalue weighted by Gasteiger charge is 2.25. The number of aliphatic hydroxyl groups excluding tert-OH is 1. The van der Waals surface area contributed by atoms with Gasteiger partial charge in [-0.1, -0.05) is 0 Å². The minimum Gasteiger partial charge on any atom is -0.396 e. The third-order valence-electron chi connectivity index (χ3n) is 3.20. The predicted molar refractivity (Wildman–Crippen MR) is 60.7 cm³/mol. The first-order valence-corrected chi connectivity index (χ1v) is 5.90. The van der Waals surface area contributed by atoms with Gasteiger partial charge in [0.1, 0.15) is 0 Å². The topological polar surface area (TPSA) is 39.3 Å². The van der Waals surface area contributed by atoms with E-state index in [1.807, 2.05) is 6.20 Å². The molecule has 3 nitrogen and oxygen atoms in total. The van der Waals surface area contributed by atoms with Crippen molar-refractivity contribution in [1.29, 1.82) is 0 Å². The Morgan fingerprint density at radius 3 is 3.13 bits per heavy atom. The monoisotopic (exact) mass is 208 g/mol. The molecule has 1 atom stereocenters. The molecule has 1 aliphatic heterocycles. The number of H-pyrrole nitrogens is 1. The normalized spacial score (nSPS) is 22.3. The second kappa shape index (κ2) is 5.33. The van der Waals surface area contributed by atoms with Gasteiger partial charge >= 0.3 is 0 Å². The van der Waals surface area contributed by atoms with Crippen LogP contribution >= 0.6 is 0 Å². The summed E-state index contributed by atoms with van der Waals surface area (Å²) >= 11 is 0. The second-order valence-corrected chi connectivity index (χ2v) is 4.25. The van der Waals surface area contributed by atoms with E-state index < -0.39 is 0 Å². The molecule has 2 heterocycles. The van der Waals surface area contributed by atoms with Crippen LogP contribution < -0.4 is 0 Å². The van der Waals surface area contributed by atoms with E-state index in [1.165, 1.54) is 25.1 Å². The molecule has 0 spiro atoms. The molecule has 1 aromatic heterocycles. The zero-order valence-corrected chi connectivity index (χ0v) is 9.15. The van der Waals surface area contributed by atoms with E-state index in [0.29, 0.717) is 12.6 Å². The first-order valence-electron chi connectivity index (χ1n) is 5.90. The number of hydrogen-bond donors (Lipinski definition) is 2. The lowest BCUT2D eigenvalue weighted by atomic mass is 10.1. The summed E-state index contributed by atoms with van der Waals surface area (Å²) in [6, 6.07) is 4.83. The Bertz CT molecular complexity index is 271. The number of hydrogen-bond acceptors (Lipinski definition) is 2. The molecule has 1 unspecified atom stereocenters. The van der Waals surface area contributed by atoms with Gasteiger partial charge in [-0.15, -0.1) is 0 Å². The molecule has 1 aliphatic rings. The molecule has 2 rings (SSSR count). The number of nitrogens with one attached hydrogen (secondary N) is 1. The summed E-state index contributed by atoms with van der Waals surface area (Å²) in [5.74, 6) is 0. The zero-order chi connectivity index (χ0) is 10.5. The molecule has 0 saturated carbocycles. The van der Waals surface area contributed by atoms with E-state index in [2.05, 4.69) is 22.0 Å². The standard InChI is InChI=1S/C12H20N2O/c15-10-2-1-8-14-9-4-6-12(14)11-5-3-7-13-11/h3,5,7,12-13,15H,1-2,4,6,8-10H2. The van der Waals surface area contributed by atoms with Crippen LogP contribution in [0.4, 0.5) is 0 Å².